The summed E-state index contributed by atoms with van der Waals surface area (Å²) in [7, 11) is 3.76. The fourth-order valence-corrected chi connectivity index (χ4v) is 2.37. The number of benzene rings is 1. The summed E-state index contributed by atoms with van der Waals surface area (Å²) in [5.41, 5.74) is 3.54. The lowest BCUT2D eigenvalue weighted by atomic mass is 10.2. The smallest absolute Gasteiger partial charge is 0.119 e. The van der Waals surface area contributed by atoms with Crippen molar-refractivity contribution in [2.75, 3.05) is 19.1 Å². The molecule has 1 aromatic carbocycles. The van der Waals surface area contributed by atoms with Gasteiger partial charge in [-0.15, -0.1) is 0 Å². The second kappa shape index (κ2) is 6.14. The molecule has 110 valence electrons. The topological polar surface area (TPSA) is 37.4 Å². The zero-order valence-electron chi connectivity index (χ0n) is 12.5. The first kappa shape index (κ1) is 13.9. The molecule has 0 radical (unpaired) electrons. The first-order chi connectivity index (χ1) is 10.3. The van der Waals surface area contributed by atoms with Crippen molar-refractivity contribution < 1.29 is 4.74 Å². The van der Waals surface area contributed by atoms with Crippen molar-refractivity contribution >= 4 is 11.4 Å². The molecule has 4 nitrogen and oxygen atoms in total. The number of nitrogens with one attached hydrogen (secondary N) is 1. The van der Waals surface area contributed by atoms with Crippen LogP contribution in [0.5, 0.6) is 5.75 Å². The van der Waals surface area contributed by atoms with Gasteiger partial charge < -0.3 is 15.0 Å². The SMILES string of the molecule is COc1ccc(N(C)c2ccncc2CNC2CC2)cc1. The summed E-state index contributed by atoms with van der Waals surface area (Å²) in [5.74, 6) is 0.873. The number of aromatic nitrogens is 1. The number of ether oxygens (including phenoxy) is 1. The Morgan fingerprint density at radius 3 is 2.67 bits per heavy atom. The maximum atomic E-state index is 5.21. The third kappa shape index (κ3) is 3.34. The average Bonchev–Trinajstić information content (AvgIpc) is 3.37. The van der Waals surface area contributed by atoms with E-state index in [1.165, 1.54) is 24.1 Å². The third-order valence-electron chi connectivity index (χ3n) is 3.86. The lowest BCUT2D eigenvalue weighted by Gasteiger charge is -2.22. The molecule has 1 aliphatic carbocycles. The Hall–Kier alpha value is -2.07. The molecule has 0 atom stereocenters. The molecule has 1 saturated carbocycles. The van der Waals surface area contributed by atoms with Crippen molar-refractivity contribution in [2.45, 2.75) is 25.4 Å². The molecule has 1 N–H and O–H groups in total. The van der Waals surface area contributed by atoms with Crippen LogP contribution in [0.2, 0.25) is 0 Å². The lowest BCUT2D eigenvalue weighted by molar-refractivity contribution is 0.415. The summed E-state index contributed by atoms with van der Waals surface area (Å²) in [6, 6.07) is 10.9. The van der Waals surface area contributed by atoms with E-state index in [1.807, 2.05) is 24.5 Å². The van der Waals surface area contributed by atoms with Gasteiger partial charge in [-0.2, -0.15) is 0 Å². The average molecular weight is 283 g/mol. The minimum Gasteiger partial charge on any atom is -0.497 e. The van der Waals surface area contributed by atoms with Crippen LogP contribution in [-0.2, 0) is 6.54 Å². The van der Waals surface area contributed by atoms with E-state index < -0.39 is 0 Å². The van der Waals surface area contributed by atoms with Gasteiger partial charge in [0.05, 0.1) is 7.11 Å². The fraction of sp³-hybridized carbons (Fsp3) is 0.353. The number of rotatable bonds is 6. The van der Waals surface area contributed by atoms with E-state index in [4.69, 9.17) is 4.74 Å². The molecule has 1 aromatic heterocycles. The highest BCUT2D eigenvalue weighted by Crippen LogP contribution is 2.28. The van der Waals surface area contributed by atoms with E-state index >= 15 is 0 Å². The maximum absolute atomic E-state index is 5.21. The minimum absolute atomic E-state index is 0.698. The summed E-state index contributed by atoms with van der Waals surface area (Å²) in [5, 5.41) is 3.55. The third-order valence-corrected chi connectivity index (χ3v) is 3.86. The molecule has 0 bridgehead atoms. The Bertz CT molecular complexity index is 593. The highest BCUT2D eigenvalue weighted by Gasteiger charge is 2.21. The summed E-state index contributed by atoms with van der Waals surface area (Å²) >= 11 is 0. The molecule has 0 saturated heterocycles. The molecule has 1 fully saturated rings. The van der Waals surface area contributed by atoms with Gasteiger partial charge in [0.25, 0.3) is 0 Å². The van der Waals surface area contributed by atoms with Gasteiger partial charge in [-0.1, -0.05) is 0 Å². The Balaban J connectivity index is 1.80. The van der Waals surface area contributed by atoms with Crippen molar-refractivity contribution in [3.8, 4) is 5.75 Å². The summed E-state index contributed by atoms with van der Waals surface area (Å²) in [4.78, 5) is 6.45. The largest absolute Gasteiger partial charge is 0.497 e. The molecule has 1 heterocycles. The van der Waals surface area contributed by atoms with Gasteiger partial charge in [-0.05, 0) is 43.2 Å². The number of methoxy groups -OCH3 is 1. The molecular weight excluding hydrogens is 262 g/mol. The maximum Gasteiger partial charge on any atom is 0.119 e. The number of anilines is 2. The van der Waals surface area contributed by atoms with Crippen LogP contribution >= 0.6 is 0 Å². The van der Waals surface area contributed by atoms with Crippen molar-refractivity contribution in [1.82, 2.24) is 10.3 Å². The number of hydrogen-bond donors (Lipinski definition) is 1. The molecule has 1 aliphatic rings. The molecule has 0 amide bonds. The lowest BCUT2D eigenvalue weighted by Crippen LogP contribution is -2.19. The van der Waals surface area contributed by atoms with Crippen LogP contribution < -0.4 is 15.0 Å². The Morgan fingerprint density at radius 2 is 2.00 bits per heavy atom. The van der Waals surface area contributed by atoms with Gasteiger partial charge in [0.15, 0.2) is 0 Å². The molecule has 21 heavy (non-hydrogen) atoms. The molecule has 2 aromatic rings. The first-order valence-corrected chi connectivity index (χ1v) is 7.32. The first-order valence-electron chi connectivity index (χ1n) is 7.32. The molecule has 0 aliphatic heterocycles. The van der Waals surface area contributed by atoms with Crippen LogP contribution in [0.4, 0.5) is 11.4 Å². The van der Waals surface area contributed by atoms with E-state index in [0.29, 0.717) is 6.04 Å². The second-order valence-electron chi connectivity index (χ2n) is 5.42. The van der Waals surface area contributed by atoms with Gasteiger partial charge in [0.1, 0.15) is 5.75 Å². The van der Waals surface area contributed by atoms with Crippen molar-refractivity contribution in [3.05, 3.63) is 48.3 Å². The van der Waals surface area contributed by atoms with Gasteiger partial charge in [0.2, 0.25) is 0 Å². The summed E-state index contributed by atoms with van der Waals surface area (Å²) in [6.07, 6.45) is 6.38. The zero-order valence-corrected chi connectivity index (χ0v) is 12.5. The van der Waals surface area contributed by atoms with Crippen LogP contribution in [0.1, 0.15) is 18.4 Å². The van der Waals surface area contributed by atoms with E-state index in [0.717, 1.165) is 18.0 Å². The van der Waals surface area contributed by atoms with E-state index in [2.05, 4.69) is 40.4 Å². The predicted molar refractivity (Wildman–Crippen MR) is 85.2 cm³/mol. The normalized spacial score (nSPS) is 14.0. The standard InChI is InChI=1S/C17H21N3O/c1-20(15-5-7-16(21-2)8-6-15)17-9-10-18-11-13(17)12-19-14-3-4-14/h5-11,14,19H,3-4,12H2,1-2H3. The van der Waals surface area contributed by atoms with E-state index in [9.17, 15) is 0 Å². The Labute approximate surface area is 125 Å². The predicted octanol–water partition coefficient (Wildman–Crippen LogP) is 3.11. The van der Waals surface area contributed by atoms with Gasteiger partial charge >= 0.3 is 0 Å². The Kier molecular flexibility index (Phi) is 4.06. The number of nitrogens with zero attached hydrogens (tertiary/aromatic N) is 2. The van der Waals surface area contributed by atoms with Crippen molar-refractivity contribution in [1.29, 1.82) is 0 Å². The molecule has 3 rings (SSSR count). The monoisotopic (exact) mass is 283 g/mol. The van der Waals surface area contributed by atoms with Gasteiger partial charge in [0, 0.05) is 49.0 Å². The van der Waals surface area contributed by atoms with Crippen LogP contribution in [0.25, 0.3) is 0 Å². The van der Waals surface area contributed by atoms with E-state index in [1.54, 1.807) is 7.11 Å². The van der Waals surface area contributed by atoms with Gasteiger partial charge in [-0.25, -0.2) is 0 Å². The van der Waals surface area contributed by atoms with Crippen LogP contribution in [-0.4, -0.2) is 25.2 Å². The van der Waals surface area contributed by atoms with Crippen molar-refractivity contribution in [2.24, 2.45) is 0 Å². The van der Waals surface area contributed by atoms with Crippen LogP contribution in [0.15, 0.2) is 42.7 Å². The fourth-order valence-electron chi connectivity index (χ4n) is 2.37. The summed E-state index contributed by atoms with van der Waals surface area (Å²) in [6.45, 7) is 0.869. The Morgan fingerprint density at radius 1 is 1.24 bits per heavy atom. The second-order valence-corrected chi connectivity index (χ2v) is 5.42. The minimum atomic E-state index is 0.698. The summed E-state index contributed by atoms with van der Waals surface area (Å²) < 4.78 is 5.21. The zero-order chi connectivity index (χ0) is 14.7. The molecular formula is C17H21N3O. The van der Waals surface area contributed by atoms with E-state index in [-0.39, 0.29) is 0 Å². The molecule has 0 spiro atoms. The van der Waals surface area contributed by atoms with Crippen LogP contribution in [0, 0.1) is 0 Å². The molecule has 4 heteroatoms. The van der Waals surface area contributed by atoms with Gasteiger partial charge in [-0.3, -0.25) is 4.98 Å². The highest BCUT2D eigenvalue weighted by molar-refractivity contribution is 5.65. The van der Waals surface area contributed by atoms with Crippen molar-refractivity contribution in [3.63, 3.8) is 0 Å². The molecule has 0 unspecified atom stereocenters. The highest BCUT2D eigenvalue weighted by atomic mass is 16.5. The number of hydrogen-bond acceptors (Lipinski definition) is 4. The number of pyridine rings is 1. The quantitative estimate of drug-likeness (QED) is 0.884. The van der Waals surface area contributed by atoms with Crippen LogP contribution in [0.3, 0.4) is 0 Å².